The van der Waals surface area contributed by atoms with Crippen molar-refractivity contribution >= 4 is 17.9 Å². The van der Waals surface area contributed by atoms with Gasteiger partial charge in [0, 0.05) is 32.7 Å². The molecule has 2 amide bonds. The molecule has 11 nitrogen and oxygen atoms in total. The summed E-state index contributed by atoms with van der Waals surface area (Å²) in [5.41, 5.74) is 6.24. The average molecular weight is 828 g/mol. The summed E-state index contributed by atoms with van der Waals surface area (Å²) >= 11 is 0. The number of alkyl carbamates (subject to hydrolysis) is 1. The topological polar surface area (TPSA) is 108 Å². The molecule has 1 saturated heterocycles. The number of methoxy groups -OCH3 is 1. The van der Waals surface area contributed by atoms with Crippen LogP contribution in [0.25, 0.3) is 0 Å². The van der Waals surface area contributed by atoms with Gasteiger partial charge in [0.25, 0.3) is 0 Å². The highest BCUT2D eigenvalue weighted by Gasteiger charge is 2.34. The number of piperidine rings is 1. The van der Waals surface area contributed by atoms with Crippen molar-refractivity contribution in [3.63, 3.8) is 0 Å². The van der Waals surface area contributed by atoms with E-state index >= 15 is 0 Å². The third kappa shape index (κ3) is 13.0. The second-order valence-electron chi connectivity index (χ2n) is 15.5. The van der Waals surface area contributed by atoms with Crippen LogP contribution in [0.1, 0.15) is 53.0 Å². The summed E-state index contributed by atoms with van der Waals surface area (Å²) in [5, 5.41) is 3.03. The number of fused-ring (bicyclic) bond motifs is 1. The summed E-state index contributed by atoms with van der Waals surface area (Å²) < 4.78 is 35.6. The molecule has 3 unspecified atom stereocenters. The molecular formula is C50H57N3O8. The lowest BCUT2D eigenvalue weighted by Crippen LogP contribution is -2.47. The number of likely N-dealkylation sites (tertiary alicyclic amines) is 1. The fourth-order valence-electron chi connectivity index (χ4n) is 7.81. The maximum atomic E-state index is 13.4. The lowest BCUT2D eigenvalue weighted by molar-refractivity contribution is -0.0246. The van der Waals surface area contributed by atoms with Crippen LogP contribution < -0.4 is 19.7 Å². The number of ether oxygens (including phenoxy) is 6. The van der Waals surface area contributed by atoms with E-state index in [-0.39, 0.29) is 44.0 Å². The summed E-state index contributed by atoms with van der Waals surface area (Å²) in [6.07, 6.45) is 1.96. The zero-order valence-electron chi connectivity index (χ0n) is 35.0. The van der Waals surface area contributed by atoms with Gasteiger partial charge in [0.1, 0.15) is 37.9 Å². The van der Waals surface area contributed by atoms with Crippen LogP contribution in [0.5, 0.6) is 11.5 Å². The summed E-state index contributed by atoms with van der Waals surface area (Å²) in [5.74, 6) is 1.59. The van der Waals surface area contributed by atoms with E-state index in [1.54, 1.807) is 12.0 Å². The lowest BCUT2D eigenvalue weighted by Gasteiger charge is -2.38. The van der Waals surface area contributed by atoms with Gasteiger partial charge in [-0.2, -0.15) is 0 Å². The van der Waals surface area contributed by atoms with Crippen LogP contribution in [-0.2, 0) is 45.2 Å². The first-order valence-corrected chi connectivity index (χ1v) is 21.3. The van der Waals surface area contributed by atoms with Crippen LogP contribution in [0.4, 0.5) is 15.3 Å². The van der Waals surface area contributed by atoms with Gasteiger partial charge in [0.15, 0.2) is 0 Å². The maximum absolute atomic E-state index is 13.4. The van der Waals surface area contributed by atoms with Gasteiger partial charge < -0.3 is 43.5 Å². The Morgan fingerprint density at radius 1 is 0.770 bits per heavy atom. The van der Waals surface area contributed by atoms with Gasteiger partial charge in [-0.1, -0.05) is 109 Å². The van der Waals surface area contributed by atoms with E-state index in [0.29, 0.717) is 51.5 Å². The lowest BCUT2D eigenvalue weighted by atomic mass is 9.87. The van der Waals surface area contributed by atoms with Crippen LogP contribution in [0.15, 0.2) is 133 Å². The third-order valence-corrected chi connectivity index (χ3v) is 11.2. The number of amides is 2. The largest absolute Gasteiger partial charge is 0.491 e. The molecular weight excluding hydrogens is 771 g/mol. The van der Waals surface area contributed by atoms with E-state index in [1.807, 2.05) is 97.1 Å². The Labute approximate surface area is 359 Å². The Hall–Kier alpha value is -6.04. The minimum atomic E-state index is -0.481. The SMILES string of the molecule is COCCCN1CCOc2ccc(COC3CN(C(=O)OCc4ccccc4)CCC3c3ccc(OCC(CCc4ccccc4)NC(=O)OCc4ccccc4)cc3)cc21. The molecule has 1 fully saturated rings. The van der Waals surface area contributed by atoms with Crippen molar-refractivity contribution in [2.75, 3.05) is 58.0 Å². The number of benzene rings is 5. The Morgan fingerprint density at radius 2 is 1.46 bits per heavy atom. The Morgan fingerprint density at radius 3 is 2.16 bits per heavy atom. The molecule has 11 heteroatoms. The number of carbonyl (C=O) groups is 2. The molecule has 0 aliphatic carbocycles. The van der Waals surface area contributed by atoms with Gasteiger partial charge in [0.05, 0.1) is 37.5 Å². The standard InChI is InChI=1S/C50H57N3O8/c1-56-30-11-27-52-29-31-57-47-25-19-41(32-46(47)52)36-59-48-33-53(50(55)61-35-40-16-9-4-10-17-40)28-26-45(48)42-20-23-44(24-21-42)58-37-43(22-18-38-12-5-2-6-13-38)51-49(54)60-34-39-14-7-3-8-15-39/h2-10,12-17,19-21,23-25,32,43,45,48H,11,18,22,26-31,33-37H2,1H3,(H,51,54). The minimum absolute atomic E-state index is 0.0263. The van der Waals surface area contributed by atoms with Gasteiger partial charge in [-0.3, -0.25) is 0 Å². The fourth-order valence-corrected chi connectivity index (χ4v) is 7.81. The van der Waals surface area contributed by atoms with Gasteiger partial charge >= 0.3 is 12.2 Å². The number of nitrogens with one attached hydrogen (secondary N) is 1. The van der Waals surface area contributed by atoms with Crippen LogP contribution in [-0.4, -0.2) is 82.3 Å². The molecule has 0 saturated carbocycles. The van der Waals surface area contributed by atoms with Crippen LogP contribution in [0.3, 0.4) is 0 Å². The Kier molecular flexibility index (Phi) is 15.9. The number of nitrogens with zero attached hydrogens (tertiary/aromatic N) is 2. The maximum Gasteiger partial charge on any atom is 0.410 e. The normalized spacial score (nSPS) is 16.5. The van der Waals surface area contributed by atoms with Gasteiger partial charge in [-0.05, 0) is 77.8 Å². The smallest absolute Gasteiger partial charge is 0.410 e. The summed E-state index contributed by atoms with van der Waals surface area (Å²) in [6.45, 7) is 5.03. The average Bonchev–Trinajstić information content (AvgIpc) is 3.31. The fraction of sp³-hybridized carbons (Fsp3) is 0.360. The number of hydrogen-bond donors (Lipinski definition) is 1. The van der Waals surface area contributed by atoms with E-state index in [1.165, 1.54) is 5.56 Å². The molecule has 7 rings (SSSR count). The summed E-state index contributed by atoms with van der Waals surface area (Å²) in [7, 11) is 1.73. The molecule has 5 aromatic carbocycles. The van der Waals surface area contributed by atoms with Gasteiger partial charge in [-0.15, -0.1) is 0 Å². The zero-order valence-corrected chi connectivity index (χ0v) is 35.0. The summed E-state index contributed by atoms with van der Waals surface area (Å²) in [4.78, 5) is 30.4. The molecule has 320 valence electrons. The first-order chi connectivity index (χ1) is 30.0. The highest BCUT2D eigenvalue weighted by atomic mass is 16.6. The van der Waals surface area contributed by atoms with E-state index in [9.17, 15) is 9.59 Å². The molecule has 1 N–H and O–H groups in total. The summed E-state index contributed by atoms with van der Waals surface area (Å²) in [6, 6.07) is 43.6. The third-order valence-electron chi connectivity index (χ3n) is 11.2. The van der Waals surface area contributed by atoms with E-state index in [0.717, 1.165) is 59.6 Å². The molecule has 2 heterocycles. The highest BCUT2D eigenvalue weighted by molar-refractivity contribution is 5.68. The van der Waals surface area contributed by atoms with Crippen LogP contribution >= 0.6 is 0 Å². The Balaban J connectivity index is 1.01. The Bertz CT molecular complexity index is 2090. The first kappa shape index (κ1) is 43.1. The van der Waals surface area contributed by atoms with Crippen LogP contribution in [0.2, 0.25) is 0 Å². The molecule has 5 aromatic rings. The molecule has 3 atom stereocenters. The van der Waals surface area contributed by atoms with Gasteiger partial charge in [0.2, 0.25) is 0 Å². The minimum Gasteiger partial charge on any atom is -0.491 e. The highest BCUT2D eigenvalue weighted by Crippen LogP contribution is 2.35. The van der Waals surface area contributed by atoms with Crippen molar-refractivity contribution < 1.29 is 38.0 Å². The van der Waals surface area contributed by atoms with E-state index < -0.39 is 6.09 Å². The van der Waals surface area contributed by atoms with E-state index in [4.69, 9.17) is 28.4 Å². The molecule has 2 aliphatic heterocycles. The second kappa shape index (κ2) is 22.5. The zero-order chi connectivity index (χ0) is 42.1. The van der Waals surface area contributed by atoms with Crippen molar-refractivity contribution in [3.8, 4) is 11.5 Å². The predicted octanol–water partition coefficient (Wildman–Crippen LogP) is 8.94. The number of carbonyl (C=O) groups excluding carboxylic acids is 2. The first-order valence-electron chi connectivity index (χ1n) is 21.3. The predicted molar refractivity (Wildman–Crippen MR) is 235 cm³/mol. The van der Waals surface area contributed by atoms with Crippen molar-refractivity contribution in [2.24, 2.45) is 0 Å². The van der Waals surface area contributed by atoms with E-state index in [2.05, 4.69) is 46.6 Å². The number of rotatable bonds is 19. The number of anilines is 1. The molecule has 0 spiro atoms. The molecule has 0 radical (unpaired) electrons. The monoisotopic (exact) mass is 827 g/mol. The molecule has 2 aliphatic rings. The molecule has 61 heavy (non-hydrogen) atoms. The van der Waals surface area contributed by atoms with Crippen molar-refractivity contribution in [1.82, 2.24) is 10.2 Å². The molecule has 0 bridgehead atoms. The molecule has 0 aromatic heterocycles. The number of hydrogen-bond acceptors (Lipinski definition) is 9. The van der Waals surface area contributed by atoms with Crippen molar-refractivity contribution in [3.05, 3.63) is 161 Å². The number of aryl methyl sites for hydroxylation is 1. The van der Waals surface area contributed by atoms with Crippen LogP contribution in [0, 0.1) is 0 Å². The van der Waals surface area contributed by atoms with Crippen molar-refractivity contribution in [1.29, 1.82) is 0 Å². The van der Waals surface area contributed by atoms with Crippen molar-refractivity contribution in [2.45, 2.75) is 63.6 Å². The second-order valence-corrected chi connectivity index (χ2v) is 15.5. The van der Waals surface area contributed by atoms with Gasteiger partial charge in [-0.25, -0.2) is 9.59 Å². The quantitative estimate of drug-likeness (QED) is 0.0817.